The number of esters is 1. The highest BCUT2D eigenvalue weighted by Crippen LogP contribution is 2.68. The van der Waals surface area contributed by atoms with E-state index in [1.54, 1.807) is 0 Å². The van der Waals surface area contributed by atoms with Crippen molar-refractivity contribution >= 4 is 5.97 Å². The Bertz CT molecular complexity index is 1400. The molecule has 4 aliphatic carbocycles. The molecule has 6 rings (SSSR count). The number of carbonyl (C=O) groups excluding carboxylic acids is 1. The first-order valence-electron chi connectivity index (χ1n) is 20.4. The van der Waals surface area contributed by atoms with Crippen LogP contribution >= 0.6 is 0 Å². The highest BCUT2D eigenvalue weighted by atomic mass is 16.7. The highest BCUT2D eigenvalue weighted by molar-refractivity contribution is 5.66. The number of hydrogen-bond donors (Lipinski definition) is 8. The molecule has 20 atom stereocenters. The SMILES string of the molecule is C=C(CC[C@@H](C)[C@H]1CC[C@H]2[C@@H]3[C@H](OC4OCC(OC(C)=O)C(O)C4O)C=C4[C@@H](OC5OC(CO)C(O)C(O)C5O)[C@@H](O)[C@H](O)C[C@]4(C)[C@H]3CC[C@]12C)C(C)C. The second kappa shape index (κ2) is 16.6. The van der Waals surface area contributed by atoms with Crippen molar-refractivity contribution in [3.63, 3.8) is 0 Å². The minimum absolute atomic E-state index is 0.0476. The van der Waals surface area contributed by atoms with E-state index in [4.69, 9.17) is 23.7 Å². The van der Waals surface area contributed by atoms with Crippen LogP contribution in [-0.4, -0.2) is 140 Å². The van der Waals surface area contributed by atoms with E-state index in [1.165, 1.54) is 12.5 Å². The summed E-state index contributed by atoms with van der Waals surface area (Å²) in [6, 6.07) is 0. The van der Waals surface area contributed by atoms with Gasteiger partial charge in [-0.2, -0.15) is 0 Å². The maximum absolute atomic E-state index is 11.7. The number of rotatable bonds is 11. The second-order valence-corrected chi connectivity index (χ2v) is 18.3. The van der Waals surface area contributed by atoms with Crippen LogP contribution in [0.25, 0.3) is 0 Å². The third kappa shape index (κ3) is 7.85. The molecular weight excluding hydrogens is 716 g/mol. The number of fused-ring (bicyclic) bond motifs is 5. The summed E-state index contributed by atoms with van der Waals surface area (Å²) in [4.78, 5) is 11.7. The Balaban J connectivity index is 1.36. The minimum atomic E-state index is -1.73. The van der Waals surface area contributed by atoms with Crippen molar-refractivity contribution in [3.8, 4) is 0 Å². The first-order chi connectivity index (χ1) is 25.8. The van der Waals surface area contributed by atoms with Crippen molar-refractivity contribution in [3.05, 3.63) is 23.8 Å². The molecule has 3 saturated carbocycles. The van der Waals surface area contributed by atoms with Crippen molar-refractivity contribution in [1.29, 1.82) is 0 Å². The van der Waals surface area contributed by atoms with E-state index in [1.807, 2.05) is 6.08 Å². The maximum atomic E-state index is 11.7. The van der Waals surface area contributed by atoms with Gasteiger partial charge >= 0.3 is 5.97 Å². The van der Waals surface area contributed by atoms with E-state index in [0.717, 1.165) is 38.5 Å². The Kier molecular flexibility index (Phi) is 13.0. The van der Waals surface area contributed by atoms with Crippen molar-refractivity contribution in [2.45, 2.75) is 166 Å². The number of aliphatic hydroxyl groups excluding tert-OH is 8. The lowest BCUT2D eigenvalue weighted by atomic mass is 9.45. The minimum Gasteiger partial charge on any atom is -0.457 e. The van der Waals surface area contributed by atoms with Gasteiger partial charge in [0.2, 0.25) is 0 Å². The van der Waals surface area contributed by atoms with E-state index < -0.39 is 97.7 Å². The lowest BCUT2D eigenvalue weighted by molar-refractivity contribution is -0.321. The van der Waals surface area contributed by atoms with E-state index in [0.29, 0.717) is 23.3 Å². The Labute approximate surface area is 324 Å². The van der Waals surface area contributed by atoms with Crippen LogP contribution in [0.1, 0.15) is 86.5 Å². The molecule has 2 saturated heterocycles. The van der Waals surface area contributed by atoms with Gasteiger partial charge in [0.1, 0.15) is 48.8 Å². The quantitative estimate of drug-likeness (QED) is 0.109. The number of allylic oxidation sites excluding steroid dienone is 1. The normalized spacial score (nSPS) is 49.0. The monoisotopic (exact) mass is 782 g/mol. The van der Waals surface area contributed by atoms with Crippen molar-refractivity contribution in [2.75, 3.05) is 13.2 Å². The lowest BCUT2D eigenvalue weighted by Gasteiger charge is -2.62. The fourth-order valence-electron chi connectivity index (χ4n) is 11.6. The second-order valence-electron chi connectivity index (χ2n) is 18.3. The largest absolute Gasteiger partial charge is 0.457 e. The number of hydrogen-bond acceptors (Lipinski definition) is 14. The van der Waals surface area contributed by atoms with Crippen LogP contribution in [0.5, 0.6) is 0 Å². The molecule has 9 unspecified atom stereocenters. The fourth-order valence-corrected chi connectivity index (χ4v) is 11.6. The predicted molar refractivity (Wildman–Crippen MR) is 197 cm³/mol. The molecule has 14 nitrogen and oxygen atoms in total. The van der Waals surface area contributed by atoms with Gasteiger partial charge in [-0.25, -0.2) is 0 Å². The molecule has 14 heteroatoms. The summed E-state index contributed by atoms with van der Waals surface area (Å²) in [7, 11) is 0. The zero-order valence-electron chi connectivity index (χ0n) is 33.1. The van der Waals surface area contributed by atoms with E-state index in [9.17, 15) is 45.6 Å². The van der Waals surface area contributed by atoms with Gasteiger partial charge in [0.15, 0.2) is 18.7 Å². The number of carbonyl (C=O) groups is 1. The van der Waals surface area contributed by atoms with Gasteiger partial charge in [-0.05, 0) is 96.9 Å². The molecule has 8 N–H and O–H groups in total. The molecule has 0 aromatic rings. The average Bonchev–Trinajstić information content (AvgIpc) is 3.49. The van der Waals surface area contributed by atoms with Gasteiger partial charge < -0.3 is 64.5 Å². The smallest absolute Gasteiger partial charge is 0.303 e. The average molecular weight is 783 g/mol. The van der Waals surface area contributed by atoms with Crippen LogP contribution in [0.15, 0.2) is 23.8 Å². The van der Waals surface area contributed by atoms with Crippen LogP contribution in [0.2, 0.25) is 0 Å². The van der Waals surface area contributed by atoms with Crippen LogP contribution < -0.4 is 0 Å². The molecule has 2 aliphatic heterocycles. The molecule has 0 bridgehead atoms. The van der Waals surface area contributed by atoms with Crippen molar-refractivity contribution in [2.24, 2.45) is 46.3 Å². The highest BCUT2D eigenvalue weighted by Gasteiger charge is 2.64. The summed E-state index contributed by atoms with van der Waals surface area (Å²) in [6.07, 6.45) is -10.1. The maximum Gasteiger partial charge on any atom is 0.303 e. The van der Waals surface area contributed by atoms with Crippen LogP contribution in [0, 0.1) is 46.3 Å². The third-order valence-electron chi connectivity index (χ3n) is 14.8. The van der Waals surface area contributed by atoms with E-state index in [2.05, 4.69) is 41.2 Å². The van der Waals surface area contributed by atoms with Crippen LogP contribution in [-0.2, 0) is 28.5 Å². The fraction of sp³-hybridized carbons (Fsp3) is 0.878. The first-order valence-corrected chi connectivity index (χ1v) is 20.4. The third-order valence-corrected chi connectivity index (χ3v) is 14.8. The zero-order chi connectivity index (χ0) is 40.3. The summed E-state index contributed by atoms with van der Waals surface area (Å²) in [5, 5.41) is 86.9. The molecule has 0 radical (unpaired) electrons. The lowest BCUT2D eigenvalue weighted by Crippen LogP contribution is -2.64. The Morgan fingerprint density at radius 2 is 1.60 bits per heavy atom. The number of ether oxygens (including phenoxy) is 5. The topological polar surface area (TPSA) is 225 Å². The van der Waals surface area contributed by atoms with Gasteiger partial charge in [0, 0.05) is 6.92 Å². The van der Waals surface area contributed by atoms with E-state index in [-0.39, 0.29) is 36.2 Å². The Morgan fingerprint density at radius 1 is 0.909 bits per heavy atom. The summed E-state index contributed by atoms with van der Waals surface area (Å²) >= 11 is 0. The first kappa shape index (κ1) is 43.1. The van der Waals surface area contributed by atoms with Gasteiger partial charge in [-0.1, -0.05) is 52.8 Å². The molecule has 314 valence electrons. The Hall–Kier alpha value is -1.53. The summed E-state index contributed by atoms with van der Waals surface area (Å²) in [6.45, 7) is 15.8. The number of aliphatic hydroxyl groups is 8. The molecule has 6 aliphatic rings. The summed E-state index contributed by atoms with van der Waals surface area (Å²) in [5.74, 6) is 0.668. The van der Waals surface area contributed by atoms with Gasteiger partial charge in [-0.3, -0.25) is 4.79 Å². The van der Waals surface area contributed by atoms with Crippen molar-refractivity contribution in [1.82, 2.24) is 0 Å². The molecule has 0 aromatic carbocycles. The molecule has 0 spiro atoms. The van der Waals surface area contributed by atoms with E-state index >= 15 is 0 Å². The zero-order valence-corrected chi connectivity index (χ0v) is 33.1. The van der Waals surface area contributed by atoms with Crippen molar-refractivity contribution < 1.29 is 69.3 Å². The Morgan fingerprint density at radius 3 is 2.25 bits per heavy atom. The van der Waals surface area contributed by atoms with Crippen LogP contribution in [0.3, 0.4) is 0 Å². The molecule has 5 fully saturated rings. The summed E-state index contributed by atoms with van der Waals surface area (Å²) in [5.41, 5.74) is 1.07. The van der Waals surface area contributed by atoms with Gasteiger partial charge in [0.05, 0.1) is 25.4 Å². The molecule has 0 aromatic heterocycles. The van der Waals surface area contributed by atoms with Gasteiger partial charge in [0.25, 0.3) is 0 Å². The predicted octanol–water partition coefficient (Wildman–Crippen LogP) is 1.33. The van der Waals surface area contributed by atoms with Gasteiger partial charge in [-0.15, -0.1) is 0 Å². The molecule has 2 heterocycles. The molecule has 0 amide bonds. The van der Waals surface area contributed by atoms with Crippen LogP contribution in [0.4, 0.5) is 0 Å². The molecule has 55 heavy (non-hydrogen) atoms. The molecular formula is C41H66O14. The summed E-state index contributed by atoms with van der Waals surface area (Å²) < 4.78 is 29.8. The standard InChI is InChI=1S/C41H66O14/c1-18(2)19(3)8-9-20(4)22-10-11-23-30-24(12-13-40(22,23)6)41(7)15-26(44)31(45)37(55-39-36(50)34(48)32(46)28(16-42)54-39)25(41)14-27(30)53-38-35(49)33(47)29(17-51-38)52-21(5)43/h14,18,20,22-24,26-39,42,44-50H,3,8-13,15-17H2,1-2,4-7H3/t20-,22-,23+,24+,26-,27-,28?,29?,30+,31+,32?,33?,34?,35?,36?,37-,38?,39?,40-,41-/m1/s1.